The van der Waals surface area contributed by atoms with Gasteiger partial charge in [-0.2, -0.15) is 0 Å². The molecule has 0 fully saturated rings. The quantitative estimate of drug-likeness (QED) is 0.368. The van der Waals surface area contributed by atoms with Gasteiger partial charge in [0.1, 0.15) is 11.5 Å². The number of nitrogens with zero attached hydrogens (tertiary/aromatic N) is 1. The van der Waals surface area contributed by atoms with Crippen molar-refractivity contribution in [1.29, 1.82) is 0 Å². The molecule has 3 aromatic carbocycles. The minimum Gasteiger partial charge on any atom is -0.481 e. The molecule has 0 radical (unpaired) electrons. The number of carbonyl (C=O) groups is 1. The van der Waals surface area contributed by atoms with Crippen LogP contribution in [0.25, 0.3) is 0 Å². The number of carboxylic acids is 1. The fourth-order valence-corrected chi connectivity index (χ4v) is 3.00. The smallest absolute Gasteiger partial charge is 0.303 e. The van der Waals surface area contributed by atoms with E-state index in [0.717, 1.165) is 16.8 Å². The van der Waals surface area contributed by atoms with Gasteiger partial charge in [-0.3, -0.25) is 14.9 Å². The van der Waals surface area contributed by atoms with Crippen LogP contribution in [-0.2, 0) is 17.8 Å². The summed E-state index contributed by atoms with van der Waals surface area (Å²) < 4.78 is 5.83. The Morgan fingerprint density at radius 1 is 1.00 bits per heavy atom. The first-order chi connectivity index (χ1) is 14.4. The molecule has 0 saturated heterocycles. The summed E-state index contributed by atoms with van der Waals surface area (Å²) in [6.07, 6.45) is 0.590. The summed E-state index contributed by atoms with van der Waals surface area (Å²) in [4.78, 5) is 21.3. The van der Waals surface area contributed by atoms with Gasteiger partial charge < -0.3 is 15.2 Å². The molecule has 7 nitrogen and oxygen atoms in total. The van der Waals surface area contributed by atoms with Crippen molar-refractivity contribution in [3.8, 4) is 11.5 Å². The van der Waals surface area contributed by atoms with Crippen LogP contribution in [0.15, 0.2) is 66.7 Å². The van der Waals surface area contributed by atoms with Crippen molar-refractivity contribution in [1.82, 2.24) is 0 Å². The third kappa shape index (κ3) is 5.57. The Kier molecular flexibility index (Phi) is 6.64. The van der Waals surface area contributed by atoms with E-state index in [9.17, 15) is 14.9 Å². The van der Waals surface area contributed by atoms with Crippen LogP contribution in [0.5, 0.6) is 11.5 Å². The van der Waals surface area contributed by atoms with Gasteiger partial charge in [0.2, 0.25) is 0 Å². The molecule has 7 heteroatoms. The molecule has 3 rings (SSSR count). The summed E-state index contributed by atoms with van der Waals surface area (Å²) >= 11 is 0. The standard InChI is InChI=1S/C23H22N2O5/c1-16-21(3-2-4-22(16)25(28)29)24-15-18-7-12-20(13-8-18)30-19-10-5-17(6-11-19)9-14-23(26)27/h2-8,10-13,24H,9,14-15H2,1H3,(H,26,27). The van der Waals surface area contributed by atoms with E-state index in [1.54, 1.807) is 13.0 Å². The molecule has 0 saturated carbocycles. The van der Waals surface area contributed by atoms with Crippen LogP contribution in [0.4, 0.5) is 11.4 Å². The summed E-state index contributed by atoms with van der Waals surface area (Å²) in [7, 11) is 0. The van der Waals surface area contributed by atoms with E-state index >= 15 is 0 Å². The summed E-state index contributed by atoms with van der Waals surface area (Å²) in [5.74, 6) is 0.543. The van der Waals surface area contributed by atoms with E-state index in [4.69, 9.17) is 9.84 Å². The molecular weight excluding hydrogens is 384 g/mol. The number of nitro benzene ring substituents is 1. The van der Waals surface area contributed by atoms with Crippen molar-refractivity contribution >= 4 is 17.3 Å². The third-order valence-electron chi connectivity index (χ3n) is 4.69. The van der Waals surface area contributed by atoms with E-state index in [2.05, 4.69) is 5.32 Å². The molecule has 0 aliphatic rings. The molecule has 0 aliphatic heterocycles. The largest absolute Gasteiger partial charge is 0.481 e. The molecule has 2 N–H and O–H groups in total. The highest BCUT2D eigenvalue weighted by atomic mass is 16.6. The van der Waals surface area contributed by atoms with Crippen LogP contribution < -0.4 is 10.1 Å². The molecule has 0 aliphatic carbocycles. The summed E-state index contributed by atoms with van der Waals surface area (Å²) in [6, 6.07) is 19.9. The lowest BCUT2D eigenvalue weighted by Crippen LogP contribution is -2.02. The average molecular weight is 406 g/mol. The van der Waals surface area contributed by atoms with Gasteiger partial charge in [0, 0.05) is 30.3 Å². The van der Waals surface area contributed by atoms with Gasteiger partial charge in [-0.1, -0.05) is 30.3 Å². The molecular formula is C23H22N2O5. The van der Waals surface area contributed by atoms with Crippen LogP contribution in [0.3, 0.4) is 0 Å². The van der Waals surface area contributed by atoms with Gasteiger partial charge in [-0.25, -0.2) is 0 Å². The third-order valence-corrected chi connectivity index (χ3v) is 4.69. The Hall–Kier alpha value is -3.87. The predicted molar refractivity (Wildman–Crippen MR) is 114 cm³/mol. The SMILES string of the molecule is Cc1c(NCc2ccc(Oc3ccc(CCC(=O)O)cc3)cc2)cccc1[N+](=O)[O-]. The van der Waals surface area contributed by atoms with Crippen LogP contribution in [0, 0.1) is 17.0 Å². The highest BCUT2D eigenvalue weighted by Crippen LogP contribution is 2.26. The number of rotatable bonds is 9. The second-order valence-corrected chi connectivity index (χ2v) is 6.84. The number of benzene rings is 3. The monoisotopic (exact) mass is 406 g/mol. The lowest BCUT2D eigenvalue weighted by molar-refractivity contribution is -0.385. The maximum absolute atomic E-state index is 11.1. The van der Waals surface area contributed by atoms with Crippen LogP contribution in [0.1, 0.15) is 23.1 Å². The molecule has 0 heterocycles. The van der Waals surface area contributed by atoms with Crippen LogP contribution in [-0.4, -0.2) is 16.0 Å². The molecule has 0 spiro atoms. The van der Waals surface area contributed by atoms with Gasteiger partial charge in [0.15, 0.2) is 0 Å². The molecule has 3 aromatic rings. The lowest BCUT2D eigenvalue weighted by Gasteiger charge is -2.11. The molecule has 0 aromatic heterocycles. The topological polar surface area (TPSA) is 102 Å². The minimum absolute atomic E-state index is 0.0951. The first-order valence-corrected chi connectivity index (χ1v) is 9.48. The minimum atomic E-state index is -0.814. The Morgan fingerprint density at radius 2 is 1.60 bits per heavy atom. The van der Waals surface area contributed by atoms with Crippen molar-refractivity contribution in [3.05, 3.63) is 93.5 Å². The van der Waals surface area contributed by atoms with E-state index in [0.29, 0.717) is 30.0 Å². The van der Waals surface area contributed by atoms with Crippen molar-refractivity contribution < 1.29 is 19.6 Å². The molecule has 0 bridgehead atoms. The van der Waals surface area contributed by atoms with Crippen molar-refractivity contribution in [2.24, 2.45) is 0 Å². The second kappa shape index (κ2) is 9.56. The summed E-state index contributed by atoms with van der Waals surface area (Å²) in [5, 5.41) is 23.0. The molecule has 0 atom stereocenters. The van der Waals surface area contributed by atoms with Gasteiger partial charge >= 0.3 is 5.97 Å². The molecule has 0 unspecified atom stereocenters. The van der Waals surface area contributed by atoms with Gasteiger partial charge in [0.05, 0.1) is 4.92 Å². The fourth-order valence-electron chi connectivity index (χ4n) is 3.00. The van der Waals surface area contributed by atoms with Gasteiger partial charge in [-0.15, -0.1) is 0 Å². The Balaban J connectivity index is 1.57. The molecule has 154 valence electrons. The van der Waals surface area contributed by atoms with Gasteiger partial charge in [0.25, 0.3) is 5.69 Å². The number of carboxylic acid groups (broad SMARTS) is 1. The first kappa shape index (κ1) is 20.9. The van der Waals surface area contributed by atoms with E-state index in [1.165, 1.54) is 6.07 Å². The Morgan fingerprint density at radius 3 is 2.17 bits per heavy atom. The highest BCUT2D eigenvalue weighted by Gasteiger charge is 2.12. The number of aliphatic carboxylic acids is 1. The predicted octanol–water partition coefficient (Wildman–Crippen LogP) is 5.32. The van der Waals surface area contributed by atoms with E-state index in [1.807, 2.05) is 54.6 Å². The highest BCUT2D eigenvalue weighted by molar-refractivity contribution is 5.67. The van der Waals surface area contributed by atoms with Crippen molar-refractivity contribution in [3.63, 3.8) is 0 Å². The zero-order valence-electron chi connectivity index (χ0n) is 16.5. The lowest BCUT2D eigenvalue weighted by atomic mass is 10.1. The number of nitro groups is 1. The number of anilines is 1. The van der Waals surface area contributed by atoms with E-state index in [-0.39, 0.29) is 17.0 Å². The van der Waals surface area contributed by atoms with Crippen LogP contribution in [0.2, 0.25) is 0 Å². The fraction of sp³-hybridized carbons (Fsp3) is 0.174. The summed E-state index contributed by atoms with van der Waals surface area (Å²) in [6.45, 7) is 2.25. The molecule has 0 amide bonds. The van der Waals surface area contributed by atoms with Crippen molar-refractivity contribution in [2.45, 2.75) is 26.3 Å². The summed E-state index contributed by atoms with van der Waals surface area (Å²) in [5.41, 5.74) is 3.39. The normalized spacial score (nSPS) is 10.4. The maximum atomic E-state index is 11.1. The number of nitrogens with one attached hydrogen (secondary N) is 1. The number of hydrogen-bond donors (Lipinski definition) is 2. The number of hydrogen-bond acceptors (Lipinski definition) is 5. The zero-order chi connectivity index (χ0) is 21.5. The molecule has 30 heavy (non-hydrogen) atoms. The number of ether oxygens (including phenoxy) is 1. The Labute approximate surface area is 174 Å². The van der Waals surface area contributed by atoms with Gasteiger partial charge in [-0.05, 0) is 54.8 Å². The second-order valence-electron chi connectivity index (χ2n) is 6.84. The van der Waals surface area contributed by atoms with Crippen LogP contribution >= 0.6 is 0 Å². The number of aryl methyl sites for hydroxylation is 1. The van der Waals surface area contributed by atoms with Crippen molar-refractivity contribution in [2.75, 3.05) is 5.32 Å². The first-order valence-electron chi connectivity index (χ1n) is 9.48. The Bertz CT molecular complexity index is 1030. The van der Waals surface area contributed by atoms with E-state index < -0.39 is 5.97 Å². The maximum Gasteiger partial charge on any atom is 0.303 e. The average Bonchev–Trinajstić information content (AvgIpc) is 2.73. The zero-order valence-corrected chi connectivity index (χ0v) is 16.5.